The molecule has 5 heteroatoms. The summed E-state index contributed by atoms with van der Waals surface area (Å²) in [6.07, 6.45) is 4.19. The standard InChI is InChI=1S/C15H30N2O3/c1-4-16-15(3,14(18)19)9-6-10-17-11-7-13(8-12-17)20-5-2/h13,16H,4-12H2,1-3H3,(H,18,19). The SMILES string of the molecule is CCNC(C)(CCCN1CCC(OCC)CC1)C(=O)O. The quantitative estimate of drug-likeness (QED) is 0.676. The number of hydrogen-bond donors (Lipinski definition) is 2. The number of carboxylic acid groups (broad SMARTS) is 1. The van der Waals surface area contributed by atoms with Crippen molar-refractivity contribution in [3.05, 3.63) is 0 Å². The summed E-state index contributed by atoms with van der Waals surface area (Å²) in [5.74, 6) is -0.755. The van der Waals surface area contributed by atoms with Gasteiger partial charge in [0.2, 0.25) is 0 Å². The molecule has 1 rings (SSSR count). The Morgan fingerprint density at radius 3 is 2.55 bits per heavy atom. The highest BCUT2D eigenvalue weighted by molar-refractivity contribution is 5.78. The van der Waals surface area contributed by atoms with Crippen LogP contribution in [-0.4, -0.2) is 60.4 Å². The second-order valence-corrected chi connectivity index (χ2v) is 5.77. The maximum atomic E-state index is 11.3. The van der Waals surface area contributed by atoms with E-state index in [1.54, 1.807) is 6.92 Å². The Morgan fingerprint density at radius 1 is 1.40 bits per heavy atom. The highest BCUT2D eigenvalue weighted by Crippen LogP contribution is 2.17. The summed E-state index contributed by atoms with van der Waals surface area (Å²) >= 11 is 0. The Bertz CT molecular complexity index is 291. The van der Waals surface area contributed by atoms with E-state index in [1.165, 1.54) is 0 Å². The van der Waals surface area contributed by atoms with Crippen LogP contribution >= 0.6 is 0 Å². The van der Waals surface area contributed by atoms with Gasteiger partial charge in [-0.2, -0.15) is 0 Å². The summed E-state index contributed by atoms with van der Waals surface area (Å²) in [5.41, 5.74) is -0.793. The molecule has 5 nitrogen and oxygen atoms in total. The largest absolute Gasteiger partial charge is 0.480 e. The van der Waals surface area contributed by atoms with Crippen LogP contribution in [0.2, 0.25) is 0 Å². The molecule has 1 aliphatic heterocycles. The highest BCUT2D eigenvalue weighted by Gasteiger charge is 2.31. The van der Waals surface area contributed by atoms with E-state index in [1.807, 2.05) is 13.8 Å². The van der Waals surface area contributed by atoms with E-state index in [2.05, 4.69) is 10.2 Å². The second kappa shape index (κ2) is 8.60. The van der Waals surface area contributed by atoms with Crippen LogP contribution in [0.15, 0.2) is 0 Å². The Hall–Kier alpha value is -0.650. The predicted molar refractivity (Wildman–Crippen MR) is 80.0 cm³/mol. The van der Waals surface area contributed by atoms with Gasteiger partial charge in [0, 0.05) is 19.7 Å². The van der Waals surface area contributed by atoms with Crippen LogP contribution in [0.3, 0.4) is 0 Å². The van der Waals surface area contributed by atoms with Gasteiger partial charge in [-0.05, 0) is 52.6 Å². The molecular weight excluding hydrogens is 256 g/mol. The minimum Gasteiger partial charge on any atom is -0.480 e. The first kappa shape index (κ1) is 17.4. The molecule has 2 N–H and O–H groups in total. The summed E-state index contributed by atoms with van der Waals surface area (Å²) in [4.78, 5) is 13.7. The number of ether oxygens (including phenoxy) is 1. The Labute approximate surface area is 122 Å². The minimum absolute atomic E-state index is 0.419. The lowest BCUT2D eigenvalue weighted by Crippen LogP contribution is -2.50. The van der Waals surface area contributed by atoms with Crippen LogP contribution in [0.25, 0.3) is 0 Å². The van der Waals surface area contributed by atoms with Crippen molar-refractivity contribution in [2.75, 3.05) is 32.8 Å². The van der Waals surface area contributed by atoms with Crippen LogP contribution in [0, 0.1) is 0 Å². The van der Waals surface area contributed by atoms with Crippen molar-refractivity contribution in [3.63, 3.8) is 0 Å². The minimum atomic E-state index is -0.793. The molecule has 0 aromatic heterocycles. The van der Waals surface area contributed by atoms with E-state index in [0.29, 0.717) is 19.1 Å². The average molecular weight is 286 g/mol. The molecule has 20 heavy (non-hydrogen) atoms. The number of hydrogen-bond acceptors (Lipinski definition) is 4. The van der Waals surface area contributed by atoms with Crippen molar-refractivity contribution in [2.24, 2.45) is 0 Å². The summed E-state index contributed by atoms with van der Waals surface area (Å²) in [5, 5.41) is 12.4. The number of piperidine rings is 1. The van der Waals surface area contributed by atoms with Crippen molar-refractivity contribution in [3.8, 4) is 0 Å². The van der Waals surface area contributed by atoms with E-state index in [-0.39, 0.29) is 0 Å². The monoisotopic (exact) mass is 286 g/mol. The molecule has 1 unspecified atom stereocenters. The van der Waals surface area contributed by atoms with Crippen LogP contribution in [0.4, 0.5) is 0 Å². The van der Waals surface area contributed by atoms with Crippen molar-refractivity contribution in [1.29, 1.82) is 0 Å². The zero-order chi connectivity index (χ0) is 15.0. The number of carbonyl (C=O) groups is 1. The molecule has 1 aliphatic rings. The Kier molecular flexibility index (Phi) is 7.48. The first-order chi connectivity index (χ1) is 9.51. The maximum Gasteiger partial charge on any atom is 0.323 e. The van der Waals surface area contributed by atoms with Gasteiger partial charge >= 0.3 is 5.97 Å². The number of carboxylic acids is 1. The average Bonchev–Trinajstić information content (AvgIpc) is 2.41. The first-order valence-electron chi connectivity index (χ1n) is 7.84. The summed E-state index contributed by atoms with van der Waals surface area (Å²) in [6, 6.07) is 0. The van der Waals surface area contributed by atoms with E-state index in [9.17, 15) is 9.90 Å². The highest BCUT2D eigenvalue weighted by atomic mass is 16.5. The lowest BCUT2D eigenvalue weighted by atomic mass is 9.95. The molecule has 0 saturated carbocycles. The smallest absolute Gasteiger partial charge is 0.323 e. The molecule has 118 valence electrons. The topological polar surface area (TPSA) is 61.8 Å². The first-order valence-corrected chi connectivity index (χ1v) is 7.84. The number of likely N-dealkylation sites (tertiary alicyclic amines) is 1. The molecule has 0 aromatic carbocycles. The summed E-state index contributed by atoms with van der Waals surface area (Å²) in [7, 11) is 0. The van der Waals surface area contributed by atoms with E-state index in [4.69, 9.17) is 4.74 Å². The molecule has 0 aromatic rings. The molecule has 1 atom stereocenters. The van der Waals surface area contributed by atoms with Gasteiger partial charge < -0.3 is 20.1 Å². The molecule has 0 bridgehead atoms. The van der Waals surface area contributed by atoms with Crippen molar-refractivity contribution in [1.82, 2.24) is 10.2 Å². The number of likely N-dealkylation sites (N-methyl/N-ethyl adjacent to an activating group) is 1. The number of nitrogens with one attached hydrogen (secondary N) is 1. The zero-order valence-electron chi connectivity index (χ0n) is 13.2. The van der Waals surface area contributed by atoms with E-state index >= 15 is 0 Å². The third-order valence-corrected chi connectivity index (χ3v) is 4.13. The number of aliphatic carboxylic acids is 1. The third kappa shape index (κ3) is 5.38. The zero-order valence-corrected chi connectivity index (χ0v) is 13.2. The van der Waals surface area contributed by atoms with Crippen molar-refractivity contribution >= 4 is 5.97 Å². The van der Waals surface area contributed by atoms with E-state index in [0.717, 1.165) is 45.5 Å². The lowest BCUT2D eigenvalue weighted by molar-refractivity contribution is -0.144. The molecule has 1 fully saturated rings. The fourth-order valence-corrected chi connectivity index (χ4v) is 2.85. The second-order valence-electron chi connectivity index (χ2n) is 5.77. The van der Waals surface area contributed by atoms with Gasteiger partial charge in [-0.1, -0.05) is 6.92 Å². The molecule has 0 radical (unpaired) electrons. The predicted octanol–water partition coefficient (Wildman–Crippen LogP) is 1.72. The molecule has 0 aliphatic carbocycles. The molecular formula is C15H30N2O3. The van der Waals surface area contributed by atoms with Crippen LogP contribution in [0.1, 0.15) is 46.5 Å². The third-order valence-electron chi connectivity index (χ3n) is 4.13. The fourth-order valence-electron chi connectivity index (χ4n) is 2.85. The number of rotatable bonds is 9. The van der Waals surface area contributed by atoms with Crippen molar-refractivity contribution in [2.45, 2.75) is 58.1 Å². The van der Waals surface area contributed by atoms with Gasteiger partial charge in [-0.15, -0.1) is 0 Å². The fraction of sp³-hybridized carbons (Fsp3) is 0.933. The normalized spacial score (nSPS) is 20.8. The van der Waals surface area contributed by atoms with Gasteiger partial charge in [-0.3, -0.25) is 4.79 Å². The van der Waals surface area contributed by atoms with Crippen LogP contribution in [-0.2, 0) is 9.53 Å². The molecule has 0 spiro atoms. The molecule has 0 amide bonds. The van der Waals surface area contributed by atoms with Gasteiger partial charge in [0.1, 0.15) is 5.54 Å². The summed E-state index contributed by atoms with van der Waals surface area (Å²) < 4.78 is 5.64. The van der Waals surface area contributed by atoms with Gasteiger partial charge in [0.05, 0.1) is 6.10 Å². The molecule has 1 heterocycles. The Balaban J connectivity index is 2.25. The summed E-state index contributed by atoms with van der Waals surface area (Å²) in [6.45, 7) is 10.4. The number of nitrogens with zero attached hydrogens (tertiary/aromatic N) is 1. The van der Waals surface area contributed by atoms with E-state index < -0.39 is 11.5 Å². The maximum absolute atomic E-state index is 11.3. The lowest BCUT2D eigenvalue weighted by Gasteiger charge is -2.33. The Morgan fingerprint density at radius 2 is 2.05 bits per heavy atom. The van der Waals surface area contributed by atoms with Crippen LogP contribution < -0.4 is 5.32 Å². The van der Waals surface area contributed by atoms with Gasteiger partial charge in [0.25, 0.3) is 0 Å². The van der Waals surface area contributed by atoms with Gasteiger partial charge in [0.15, 0.2) is 0 Å². The van der Waals surface area contributed by atoms with Crippen LogP contribution in [0.5, 0.6) is 0 Å². The van der Waals surface area contributed by atoms with Crippen molar-refractivity contribution < 1.29 is 14.6 Å². The van der Waals surface area contributed by atoms with Gasteiger partial charge in [-0.25, -0.2) is 0 Å². The molecule has 1 saturated heterocycles.